The van der Waals surface area contributed by atoms with Crippen LogP contribution >= 0.6 is 22.7 Å². The van der Waals surface area contributed by atoms with Crippen LogP contribution in [0.4, 0.5) is 0 Å². The summed E-state index contributed by atoms with van der Waals surface area (Å²) in [5.74, 6) is 0. The standard InChI is InChI=1S/C30H24N2S2/c1-21-6-12-25(13-7-21)27-19-33-29(31-27)16-10-23-4-3-5-24(18-23)11-17-30-32-28(20-34-30)26-14-8-22(2)9-15-26/h3-20H,1-2H3. The summed E-state index contributed by atoms with van der Waals surface area (Å²) < 4.78 is 0. The highest BCUT2D eigenvalue weighted by atomic mass is 32.1. The van der Waals surface area contributed by atoms with E-state index >= 15 is 0 Å². The van der Waals surface area contributed by atoms with Gasteiger partial charge < -0.3 is 0 Å². The molecule has 0 bridgehead atoms. The molecule has 3 aromatic carbocycles. The maximum atomic E-state index is 4.77. The van der Waals surface area contributed by atoms with Crippen molar-refractivity contribution in [2.24, 2.45) is 0 Å². The van der Waals surface area contributed by atoms with Crippen LogP contribution in [0.5, 0.6) is 0 Å². The zero-order chi connectivity index (χ0) is 23.3. The average Bonchev–Trinajstić information content (AvgIpc) is 3.53. The van der Waals surface area contributed by atoms with Gasteiger partial charge in [-0.15, -0.1) is 22.7 Å². The Bertz CT molecular complexity index is 1340. The number of benzene rings is 3. The molecule has 0 atom stereocenters. The van der Waals surface area contributed by atoms with Crippen molar-refractivity contribution in [3.05, 3.63) is 116 Å². The Kier molecular flexibility index (Phi) is 6.61. The molecule has 2 nitrogen and oxygen atoms in total. The van der Waals surface area contributed by atoms with Gasteiger partial charge in [0.05, 0.1) is 11.4 Å². The van der Waals surface area contributed by atoms with Crippen molar-refractivity contribution in [2.45, 2.75) is 13.8 Å². The summed E-state index contributed by atoms with van der Waals surface area (Å²) in [6, 6.07) is 25.5. The van der Waals surface area contributed by atoms with Gasteiger partial charge in [0.15, 0.2) is 0 Å². The highest BCUT2D eigenvalue weighted by Crippen LogP contribution is 2.25. The van der Waals surface area contributed by atoms with Crippen molar-refractivity contribution in [1.29, 1.82) is 0 Å². The SMILES string of the molecule is Cc1ccc(-c2csc(C=Cc3cccc(C=Cc4nc(-c5ccc(C)cc5)cs4)c3)n2)cc1. The van der Waals surface area contributed by atoms with E-state index in [2.05, 4.69) is 122 Å². The highest BCUT2D eigenvalue weighted by molar-refractivity contribution is 7.11. The molecule has 0 amide bonds. The first-order valence-electron chi connectivity index (χ1n) is 11.1. The van der Waals surface area contributed by atoms with Gasteiger partial charge in [0, 0.05) is 21.9 Å². The van der Waals surface area contributed by atoms with E-state index in [0.717, 1.165) is 43.7 Å². The van der Waals surface area contributed by atoms with Crippen LogP contribution in [0.25, 0.3) is 46.8 Å². The van der Waals surface area contributed by atoms with Crippen LogP contribution < -0.4 is 0 Å². The van der Waals surface area contributed by atoms with Crippen molar-refractivity contribution >= 4 is 47.0 Å². The van der Waals surface area contributed by atoms with E-state index in [-0.39, 0.29) is 0 Å². The minimum atomic E-state index is 1.00. The summed E-state index contributed by atoms with van der Waals surface area (Å²) in [5.41, 5.74) is 9.17. The van der Waals surface area contributed by atoms with Crippen LogP contribution in [0, 0.1) is 13.8 Å². The van der Waals surface area contributed by atoms with Gasteiger partial charge in [-0.25, -0.2) is 9.97 Å². The van der Waals surface area contributed by atoms with E-state index in [1.165, 1.54) is 11.1 Å². The van der Waals surface area contributed by atoms with E-state index in [1.807, 2.05) is 0 Å². The summed E-state index contributed by atoms with van der Waals surface area (Å²) in [5, 5.41) is 6.23. The largest absolute Gasteiger partial charge is 0.237 e. The molecule has 166 valence electrons. The van der Waals surface area contributed by atoms with E-state index < -0.39 is 0 Å². The third kappa shape index (κ3) is 5.48. The zero-order valence-electron chi connectivity index (χ0n) is 19.1. The molecule has 0 fully saturated rings. The third-order valence-electron chi connectivity index (χ3n) is 5.49. The van der Waals surface area contributed by atoms with Gasteiger partial charge in [-0.05, 0) is 43.2 Å². The minimum Gasteiger partial charge on any atom is -0.237 e. The van der Waals surface area contributed by atoms with Crippen LogP contribution in [0.2, 0.25) is 0 Å². The Morgan fingerprint density at radius 3 is 1.44 bits per heavy atom. The number of hydrogen-bond acceptors (Lipinski definition) is 4. The number of rotatable bonds is 6. The second-order valence-electron chi connectivity index (χ2n) is 8.21. The summed E-state index contributed by atoms with van der Waals surface area (Å²) in [6.45, 7) is 4.20. The number of thiazole rings is 2. The molecule has 0 N–H and O–H groups in total. The quantitative estimate of drug-likeness (QED) is 0.244. The van der Waals surface area contributed by atoms with Gasteiger partial charge >= 0.3 is 0 Å². The molecule has 0 unspecified atom stereocenters. The Morgan fingerprint density at radius 1 is 0.559 bits per heavy atom. The highest BCUT2D eigenvalue weighted by Gasteiger charge is 2.04. The molecule has 0 saturated heterocycles. The first-order valence-corrected chi connectivity index (χ1v) is 12.9. The molecule has 0 spiro atoms. The Labute approximate surface area is 208 Å². The average molecular weight is 477 g/mol. The normalized spacial score (nSPS) is 11.6. The van der Waals surface area contributed by atoms with Crippen molar-refractivity contribution in [1.82, 2.24) is 9.97 Å². The second kappa shape index (κ2) is 10.1. The monoisotopic (exact) mass is 476 g/mol. The van der Waals surface area contributed by atoms with Crippen LogP contribution in [0.3, 0.4) is 0 Å². The molecule has 2 heterocycles. The van der Waals surface area contributed by atoms with Gasteiger partial charge in [-0.2, -0.15) is 0 Å². The minimum absolute atomic E-state index is 1.00. The molecular formula is C30H24N2S2. The van der Waals surface area contributed by atoms with Crippen molar-refractivity contribution in [2.75, 3.05) is 0 Å². The van der Waals surface area contributed by atoms with Crippen LogP contribution in [-0.4, -0.2) is 9.97 Å². The lowest BCUT2D eigenvalue weighted by atomic mass is 10.1. The van der Waals surface area contributed by atoms with E-state index in [4.69, 9.17) is 9.97 Å². The molecule has 5 rings (SSSR count). The fourth-order valence-corrected chi connectivity index (χ4v) is 4.98. The zero-order valence-corrected chi connectivity index (χ0v) is 20.7. The molecule has 0 radical (unpaired) electrons. The van der Waals surface area contributed by atoms with Crippen LogP contribution in [0.15, 0.2) is 83.6 Å². The number of nitrogens with zero attached hydrogens (tertiary/aromatic N) is 2. The summed E-state index contributed by atoms with van der Waals surface area (Å²) >= 11 is 3.32. The predicted octanol–water partition coefficient (Wildman–Crippen LogP) is 8.89. The topological polar surface area (TPSA) is 25.8 Å². The van der Waals surface area contributed by atoms with Crippen molar-refractivity contribution < 1.29 is 0 Å². The van der Waals surface area contributed by atoms with Crippen LogP contribution in [0.1, 0.15) is 32.3 Å². The summed E-state index contributed by atoms with van der Waals surface area (Å²) in [4.78, 5) is 9.53. The molecule has 0 aliphatic heterocycles. The lowest BCUT2D eigenvalue weighted by Gasteiger charge is -1.97. The molecule has 0 saturated carbocycles. The molecule has 34 heavy (non-hydrogen) atoms. The first kappa shape index (κ1) is 22.2. The Morgan fingerprint density at radius 2 is 1.00 bits per heavy atom. The van der Waals surface area contributed by atoms with Crippen molar-refractivity contribution in [3.63, 3.8) is 0 Å². The molecule has 5 aromatic rings. The fourth-order valence-electron chi connectivity index (χ4n) is 3.54. The van der Waals surface area contributed by atoms with E-state index in [9.17, 15) is 0 Å². The van der Waals surface area contributed by atoms with Crippen molar-refractivity contribution in [3.8, 4) is 22.5 Å². The van der Waals surface area contributed by atoms with Gasteiger partial charge in [0.1, 0.15) is 10.0 Å². The molecular weight excluding hydrogens is 452 g/mol. The van der Waals surface area contributed by atoms with Gasteiger partial charge in [0.2, 0.25) is 0 Å². The molecule has 4 heteroatoms. The van der Waals surface area contributed by atoms with Gasteiger partial charge in [-0.1, -0.05) is 90.0 Å². The Hall–Kier alpha value is -3.60. The molecule has 0 aliphatic rings. The maximum absolute atomic E-state index is 4.77. The number of hydrogen-bond donors (Lipinski definition) is 0. The molecule has 2 aromatic heterocycles. The van der Waals surface area contributed by atoms with E-state index in [1.54, 1.807) is 22.7 Å². The lowest BCUT2D eigenvalue weighted by Crippen LogP contribution is -1.80. The van der Waals surface area contributed by atoms with Crippen LogP contribution in [-0.2, 0) is 0 Å². The van der Waals surface area contributed by atoms with E-state index in [0.29, 0.717) is 0 Å². The van der Waals surface area contributed by atoms with Gasteiger partial charge in [0.25, 0.3) is 0 Å². The van der Waals surface area contributed by atoms with Gasteiger partial charge in [-0.3, -0.25) is 0 Å². The fraction of sp³-hybridized carbons (Fsp3) is 0.0667. The molecule has 0 aliphatic carbocycles. The summed E-state index contributed by atoms with van der Waals surface area (Å²) in [7, 11) is 0. The smallest absolute Gasteiger partial charge is 0.116 e. The predicted molar refractivity (Wildman–Crippen MR) is 149 cm³/mol. The maximum Gasteiger partial charge on any atom is 0.116 e. The first-order chi connectivity index (χ1) is 16.6. The Balaban J connectivity index is 1.27. The lowest BCUT2D eigenvalue weighted by molar-refractivity contribution is 1.37. The third-order valence-corrected chi connectivity index (χ3v) is 7.11. The second-order valence-corrected chi connectivity index (χ2v) is 9.99. The number of aromatic nitrogens is 2. The summed E-state index contributed by atoms with van der Waals surface area (Å²) in [6.07, 6.45) is 8.40. The number of aryl methyl sites for hydroxylation is 2.